The Bertz CT molecular complexity index is 638. The van der Waals surface area contributed by atoms with Crippen LogP contribution in [0.15, 0.2) is 11.0 Å². The van der Waals surface area contributed by atoms with E-state index in [9.17, 15) is 8.42 Å². The minimum absolute atomic E-state index is 0.0417. The van der Waals surface area contributed by atoms with Crippen LogP contribution >= 0.6 is 0 Å². The first-order valence-corrected chi connectivity index (χ1v) is 9.09. The highest BCUT2D eigenvalue weighted by molar-refractivity contribution is 7.89. The molecule has 0 spiro atoms. The second kappa shape index (κ2) is 5.97. The first kappa shape index (κ1) is 16.3. The van der Waals surface area contributed by atoms with E-state index >= 15 is 0 Å². The van der Waals surface area contributed by atoms with Gasteiger partial charge in [0, 0.05) is 11.7 Å². The summed E-state index contributed by atoms with van der Waals surface area (Å²) in [6.07, 6.45) is 4.11. The molecule has 0 heterocycles. The van der Waals surface area contributed by atoms with E-state index in [2.05, 4.69) is 11.6 Å². The number of anilines is 1. The molecular weight excluding hydrogens is 284 g/mol. The predicted octanol–water partition coefficient (Wildman–Crippen LogP) is 3.05. The van der Waals surface area contributed by atoms with E-state index in [0.717, 1.165) is 30.4 Å². The minimum atomic E-state index is -3.51. The second-order valence-corrected chi connectivity index (χ2v) is 8.12. The van der Waals surface area contributed by atoms with E-state index in [1.54, 1.807) is 6.92 Å². The van der Waals surface area contributed by atoms with Crippen LogP contribution in [-0.4, -0.2) is 14.5 Å². The van der Waals surface area contributed by atoms with Gasteiger partial charge in [-0.2, -0.15) is 0 Å². The van der Waals surface area contributed by atoms with Gasteiger partial charge < -0.3 is 5.73 Å². The van der Waals surface area contributed by atoms with Gasteiger partial charge >= 0.3 is 0 Å². The zero-order valence-corrected chi connectivity index (χ0v) is 14.2. The van der Waals surface area contributed by atoms with Crippen molar-refractivity contribution >= 4 is 15.7 Å². The highest BCUT2D eigenvalue weighted by Gasteiger charge is 2.27. The number of nitrogen functional groups attached to an aromatic ring is 1. The normalized spacial score (nSPS) is 23.2. The summed E-state index contributed by atoms with van der Waals surface area (Å²) in [5.74, 6) is 0.580. The lowest BCUT2D eigenvalue weighted by atomic mass is 9.88. The molecule has 0 bridgehead atoms. The Hall–Kier alpha value is -1.07. The Kier molecular flexibility index (Phi) is 4.63. The third-order valence-electron chi connectivity index (χ3n) is 4.49. The summed E-state index contributed by atoms with van der Waals surface area (Å²) in [4.78, 5) is 0.351. The lowest BCUT2D eigenvalue weighted by Gasteiger charge is -2.28. The van der Waals surface area contributed by atoms with Gasteiger partial charge in [0.05, 0.1) is 4.90 Å². The molecule has 3 N–H and O–H groups in total. The minimum Gasteiger partial charge on any atom is -0.398 e. The average molecular weight is 310 g/mol. The molecule has 2 rings (SSSR count). The number of nitrogens with two attached hydrogens (primary N) is 1. The van der Waals surface area contributed by atoms with E-state index in [4.69, 9.17) is 5.73 Å². The maximum absolute atomic E-state index is 12.7. The number of rotatable bonds is 3. The first-order valence-electron chi connectivity index (χ1n) is 7.61. The molecule has 2 atom stereocenters. The van der Waals surface area contributed by atoms with Gasteiger partial charge in [0.2, 0.25) is 10.0 Å². The molecule has 0 aliphatic heterocycles. The van der Waals surface area contributed by atoms with Gasteiger partial charge in [-0.3, -0.25) is 0 Å². The molecular formula is C16H26N2O2S. The van der Waals surface area contributed by atoms with Crippen molar-refractivity contribution in [2.75, 3.05) is 5.73 Å². The maximum atomic E-state index is 12.7. The molecule has 0 aromatic heterocycles. The Morgan fingerprint density at radius 2 is 1.86 bits per heavy atom. The molecule has 1 aliphatic rings. The fourth-order valence-corrected chi connectivity index (χ4v) is 5.18. The van der Waals surface area contributed by atoms with Gasteiger partial charge in [-0.05, 0) is 56.2 Å². The number of sulfonamides is 1. The SMILES string of the molecule is Cc1cc(C)c(S(=O)(=O)NC2CCCC(C)C2)c(C)c1N. The third-order valence-corrected chi connectivity index (χ3v) is 6.30. The topological polar surface area (TPSA) is 72.2 Å². The summed E-state index contributed by atoms with van der Waals surface area (Å²) in [6, 6.07) is 1.89. The molecule has 1 aliphatic carbocycles. The van der Waals surface area contributed by atoms with Crippen molar-refractivity contribution in [3.05, 3.63) is 22.8 Å². The summed E-state index contributed by atoms with van der Waals surface area (Å²) >= 11 is 0. The Morgan fingerprint density at radius 3 is 2.48 bits per heavy atom. The maximum Gasteiger partial charge on any atom is 0.241 e. The van der Waals surface area contributed by atoms with Crippen LogP contribution in [0.2, 0.25) is 0 Å². The molecule has 0 saturated heterocycles. The van der Waals surface area contributed by atoms with Crippen molar-refractivity contribution in [3.63, 3.8) is 0 Å². The second-order valence-electron chi connectivity index (χ2n) is 6.47. The molecule has 118 valence electrons. The summed E-state index contributed by atoms with van der Waals surface area (Å²) in [5.41, 5.74) is 8.92. The molecule has 1 aromatic carbocycles. The van der Waals surface area contributed by atoms with Crippen LogP contribution in [0.5, 0.6) is 0 Å². The number of hydrogen-bond acceptors (Lipinski definition) is 3. The molecule has 21 heavy (non-hydrogen) atoms. The molecule has 1 fully saturated rings. The largest absolute Gasteiger partial charge is 0.398 e. The monoisotopic (exact) mass is 310 g/mol. The summed E-state index contributed by atoms with van der Waals surface area (Å²) in [7, 11) is -3.51. The Balaban J connectivity index is 2.34. The van der Waals surface area contributed by atoms with Crippen LogP contribution in [-0.2, 0) is 10.0 Å². The van der Waals surface area contributed by atoms with Gasteiger partial charge in [-0.15, -0.1) is 0 Å². The van der Waals surface area contributed by atoms with Gasteiger partial charge in [0.15, 0.2) is 0 Å². The highest BCUT2D eigenvalue weighted by Crippen LogP contribution is 2.30. The molecule has 4 nitrogen and oxygen atoms in total. The van der Waals surface area contributed by atoms with Gasteiger partial charge in [-0.1, -0.05) is 25.8 Å². The highest BCUT2D eigenvalue weighted by atomic mass is 32.2. The van der Waals surface area contributed by atoms with Crippen LogP contribution < -0.4 is 10.5 Å². The van der Waals surface area contributed by atoms with Crippen molar-refractivity contribution in [1.82, 2.24) is 4.72 Å². The number of aryl methyl sites for hydroxylation is 2. The first-order chi connectivity index (χ1) is 9.72. The van der Waals surface area contributed by atoms with Crippen LogP contribution in [0.3, 0.4) is 0 Å². The van der Waals surface area contributed by atoms with E-state index in [0.29, 0.717) is 22.1 Å². The van der Waals surface area contributed by atoms with Crippen molar-refractivity contribution in [2.45, 2.75) is 64.3 Å². The third kappa shape index (κ3) is 3.40. The van der Waals surface area contributed by atoms with Crippen molar-refractivity contribution in [1.29, 1.82) is 0 Å². The van der Waals surface area contributed by atoms with Crippen LogP contribution in [0.25, 0.3) is 0 Å². The van der Waals surface area contributed by atoms with Gasteiger partial charge in [-0.25, -0.2) is 13.1 Å². The smallest absolute Gasteiger partial charge is 0.241 e. The molecule has 2 unspecified atom stereocenters. The fraction of sp³-hybridized carbons (Fsp3) is 0.625. The standard InChI is InChI=1S/C16H26N2O2S/c1-10-6-5-7-14(8-10)18-21(19,20)16-12(3)9-11(2)15(17)13(16)4/h9-10,14,18H,5-8,17H2,1-4H3. The van der Waals surface area contributed by atoms with Gasteiger partial charge in [0.25, 0.3) is 0 Å². The van der Waals surface area contributed by atoms with Gasteiger partial charge in [0.1, 0.15) is 0 Å². The quantitative estimate of drug-likeness (QED) is 0.843. The lowest BCUT2D eigenvalue weighted by molar-refractivity contribution is 0.327. The fourth-order valence-electron chi connectivity index (χ4n) is 3.41. The zero-order valence-electron chi connectivity index (χ0n) is 13.4. The molecule has 0 radical (unpaired) electrons. The molecule has 0 amide bonds. The molecule has 5 heteroatoms. The molecule has 1 aromatic rings. The molecule has 1 saturated carbocycles. The summed E-state index contributed by atoms with van der Waals surface area (Å²) < 4.78 is 28.4. The average Bonchev–Trinajstić information content (AvgIpc) is 2.35. The number of hydrogen-bond donors (Lipinski definition) is 2. The van der Waals surface area contributed by atoms with Crippen LogP contribution in [0, 0.1) is 26.7 Å². The van der Waals surface area contributed by atoms with E-state index in [1.165, 1.54) is 6.42 Å². The summed E-state index contributed by atoms with van der Waals surface area (Å²) in [5, 5.41) is 0. The van der Waals surface area contributed by atoms with E-state index in [-0.39, 0.29) is 6.04 Å². The lowest BCUT2D eigenvalue weighted by Crippen LogP contribution is -2.38. The van der Waals surface area contributed by atoms with Crippen LogP contribution in [0.1, 0.15) is 49.3 Å². The van der Waals surface area contributed by atoms with Crippen molar-refractivity contribution < 1.29 is 8.42 Å². The number of nitrogens with one attached hydrogen (secondary N) is 1. The van der Waals surface area contributed by atoms with Crippen molar-refractivity contribution in [3.8, 4) is 0 Å². The van der Waals surface area contributed by atoms with E-state index in [1.807, 2.05) is 19.9 Å². The predicted molar refractivity (Wildman–Crippen MR) is 86.8 cm³/mol. The number of benzene rings is 1. The summed E-state index contributed by atoms with van der Waals surface area (Å²) in [6.45, 7) is 7.70. The van der Waals surface area contributed by atoms with E-state index < -0.39 is 10.0 Å². The van der Waals surface area contributed by atoms with Crippen LogP contribution in [0.4, 0.5) is 5.69 Å². The Labute approximate surface area is 128 Å². The zero-order chi connectivity index (χ0) is 15.8. The Morgan fingerprint density at radius 1 is 1.19 bits per heavy atom. The van der Waals surface area contributed by atoms with Crippen molar-refractivity contribution in [2.24, 2.45) is 5.92 Å².